The molecule has 5 heteroatoms. The molecule has 1 rings (SSSR count). The summed E-state index contributed by atoms with van der Waals surface area (Å²) in [4.78, 5) is 14.0. The zero-order chi connectivity index (χ0) is 14.3. The highest BCUT2D eigenvalue weighted by atomic mass is 16.5. The molecule has 1 aromatic carbocycles. The molecule has 0 aliphatic carbocycles. The highest BCUT2D eigenvalue weighted by molar-refractivity contribution is 5.89. The van der Waals surface area contributed by atoms with E-state index >= 15 is 0 Å². The number of rotatable bonds is 6. The molecule has 0 aromatic heterocycles. The van der Waals surface area contributed by atoms with Gasteiger partial charge in [-0.25, -0.2) is 4.79 Å². The van der Waals surface area contributed by atoms with Gasteiger partial charge in [0.2, 0.25) is 0 Å². The number of hydrogen-bond acceptors (Lipinski definition) is 3. The number of amides is 2. The minimum atomic E-state index is -0.115. The lowest BCUT2D eigenvalue weighted by molar-refractivity contribution is 0.138. The van der Waals surface area contributed by atoms with E-state index in [2.05, 4.69) is 12.2 Å². The Morgan fingerprint density at radius 2 is 2.05 bits per heavy atom. The second-order valence-electron chi connectivity index (χ2n) is 4.50. The first-order chi connectivity index (χ1) is 9.08. The summed E-state index contributed by atoms with van der Waals surface area (Å²) < 4.78 is 5.04. The van der Waals surface area contributed by atoms with Crippen LogP contribution in [0.25, 0.3) is 0 Å². The largest absolute Gasteiger partial charge is 0.399 e. The van der Waals surface area contributed by atoms with Crippen LogP contribution in [0.3, 0.4) is 0 Å². The van der Waals surface area contributed by atoms with Crippen LogP contribution in [0.4, 0.5) is 16.2 Å². The van der Waals surface area contributed by atoms with Gasteiger partial charge < -0.3 is 20.7 Å². The molecule has 106 valence electrons. The number of ether oxygens (including phenoxy) is 1. The summed E-state index contributed by atoms with van der Waals surface area (Å²) in [7, 11) is 1.63. The van der Waals surface area contributed by atoms with E-state index in [0.717, 1.165) is 12.1 Å². The van der Waals surface area contributed by atoms with Gasteiger partial charge in [-0.05, 0) is 37.6 Å². The van der Waals surface area contributed by atoms with E-state index in [-0.39, 0.29) is 12.1 Å². The number of nitrogen functional groups attached to an aromatic ring is 1. The van der Waals surface area contributed by atoms with E-state index in [1.54, 1.807) is 36.3 Å². The number of benzene rings is 1. The van der Waals surface area contributed by atoms with Crippen LogP contribution in [0.5, 0.6) is 0 Å². The Morgan fingerprint density at radius 1 is 1.42 bits per heavy atom. The second-order valence-corrected chi connectivity index (χ2v) is 4.50. The van der Waals surface area contributed by atoms with Crippen molar-refractivity contribution in [2.24, 2.45) is 0 Å². The number of nitrogens with one attached hydrogen (secondary N) is 1. The predicted molar refractivity (Wildman–Crippen MR) is 78.2 cm³/mol. The molecule has 0 radical (unpaired) electrons. The molecule has 0 saturated carbocycles. The molecule has 19 heavy (non-hydrogen) atoms. The molecule has 5 nitrogen and oxygen atoms in total. The third-order valence-electron chi connectivity index (χ3n) is 3.08. The van der Waals surface area contributed by atoms with Crippen molar-refractivity contribution in [1.29, 1.82) is 0 Å². The number of hydrogen-bond donors (Lipinski definition) is 2. The van der Waals surface area contributed by atoms with Crippen LogP contribution in [0.1, 0.15) is 20.3 Å². The van der Waals surface area contributed by atoms with Crippen molar-refractivity contribution in [2.45, 2.75) is 26.3 Å². The monoisotopic (exact) mass is 265 g/mol. The molecular weight excluding hydrogens is 242 g/mol. The fraction of sp³-hybridized carbons (Fsp3) is 0.500. The zero-order valence-electron chi connectivity index (χ0n) is 11.8. The van der Waals surface area contributed by atoms with Crippen molar-refractivity contribution >= 4 is 17.4 Å². The van der Waals surface area contributed by atoms with Crippen molar-refractivity contribution in [3.8, 4) is 0 Å². The zero-order valence-corrected chi connectivity index (χ0v) is 11.8. The number of urea groups is 1. The number of anilines is 2. The number of methoxy groups -OCH3 is 1. The fourth-order valence-corrected chi connectivity index (χ4v) is 1.69. The Hall–Kier alpha value is -1.75. The van der Waals surface area contributed by atoms with Gasteiger partial charge in [0.1, 0.15) is 0 Å². The third kappa shape index (κ3) is 4.79. The summed E-state index contributed by atoms with van der Waals surface area (Å²) >= 11 is 0. The Balaban J connectivity index is 2.67. The van der Waals surface area contributed by atoms with Crippen LogP contribution in [0.2, 0.25) is 0 Å². The molecule has 0 bridgehead atoms. The van der Waals surface area contributed by atoms with Gasteiger partial charge in [-0.2, -0.15) is 0 Å². The van der Waals surface area contributed by atoms with Crippen molar-refractivity contribution in [1.82, 2.24) is 4.90 Å². The van der Waals surface area contributed by atoms with E-state index in [1.165, 1.54) is 0 Å². The Bertz CT molecular complexity index is 392. The SMILES string of the molecule is CCC(C)N(CCOC)C(=O)Nc1ccc(N)cc1. The maximum Gasteiger partial charge on any atom is 0.322 e. The Labute approximate surface area is 114 Å². The van der Waals surface area contributed by atoms with Crippen LogP contribution in [0.15, 0.2) is 24.3 Å². The molecule has 0 saturated heterocycles. The average Bonchev–Trinajstić information content (AvgIpc) is 2.41. The fourth-order valence-electron chi connectivity index (χ4n) is 1.69. The van der Waals surface area contributed by atoms with Crippen molar-refractivity contribution in [3.63, 3.8) is 0 Å². The van der Waals surface area contributed by atoms with Gasteiger partial charge in [-0.15, -0.1) is 0 Å². The van der Waals surface area contributed by atoms with Crippen LogP contribution in [-0.2, 0) is 4.74 Å². The minimum Gasteiger partial charge on any atom is -0.399 e. The highest BCUT2D eigenvalue weighted by Gasteiger charge is 2.18. The lowest BCUT2D eigenvalue weighted by Crippen LogP contribution is -2.43. The number of nitrogens with zero attached hydrogens (tertiary/aromatic N) is 1. The molecule has 1 unspecified atom stereocenters. The van der Waals surface area contributed by atoms with Crippen LogP contribution in [0, 0.1) is 0 Å². The maximum absolute atomic E-state index is 12.2. The first kappa shape index (κ1) is 15.3. The third-order valence-corrected chi connectivity index (χ3v) is 3.08. The molecule has 0 aliphatic heterocycles. The lowest BCUT2D eigenvalue weighted by atomic mass is 10.2. The molecule has 0 fully saturated rings. The van der Waals surface area contributed by atoms with Crippen LogP contribution >= 0.6 is 0 Å². The van der Waals surface area contributed by atoms with Gasteiger partial charge in [-0.1, -0.05) is 6.92 Å². The summed E-state index contributed by atoms with van der Waals surface area (Å²) in [5, 5.41) is 2.87. The summed E-state index contributed by atoms with van der Waals surface area (Å²) in [5.74, 6) is 0. The summed E-state index contributed by atoms with van der Waals surface area (Å²) in [6, 6.07) is 7.16. The smallest absolute Gasteiger partial charge is 0.322 e. The number of carbonyl (C=O) groups is 1. The molecule has 0 aliphatic rings. The first-order valence-electron chi connectivity index (χ1n) is 6.50. The van der Waals surface area contributed by atoms with Gasteiger partial charge in [0, 0.05) is 31.1 Å². The molecule has 3 N–H and O–H groups in total. The van der Waals surface area contributed by atoms with E-state index in [1.807, 2.05) is 6.92 Å². The van der Waals surface area contributed by atoms with E-state index in [4.69, 9.17) is 10.5 Å². The summed E-state index contributed by atoms with van der Waals surface area (Å²) in [5.41, 5.74) is 7.03. The minimum absolute atomic E-state index is 0.115. The molecule has 0 heterocycles. The summed E-state index contributed by atoms with van der Waals surface area (Å²) in [6.45, 7) is 5.19. The lowest BCUT2D eigenvalue weighted by Gasteiger charge is -2.28. The molecule has 2 amide bonds. The average molecular weight is 265 g/mol. The summed E-state index contributed by atoms with van der Waals surface area (Å²) in [6.07, 6.45) is 0.902. The topological polar surface area (TPSA) is 67.6 Å². The number of carbonyl (C=O) groups excluding carboxylic acids is 1. The van der Waals surface area contributed by atoms with Gasteiger partial charge in [0.15, 0.2) is 0 Å². The Morgan fingerprint density at radius 3 is 2.58 bits per heavy atom. The van der Waals surface area contributed by atoms with Crippen LogP contribution < -0.4 is 11.1 Å². The van der Waals surface area contributed by atoms with E-state index in [0.29, 0.717) is 18.8 Å². The van der Waals surface area contributed by atoms with E-state index < -0.39 is 0 Å². The second kappa shape index (κ2) is 7.63. The first-order valence-corrected chi connectivity index (χ1v) is 6.50. The van der Waals surface area contributed by atoms with Gasteiger partial charge in [-0.3, -0.25) is 0 Å². The molecule has 0 spiro atoms. The van der Waals surface area contributed by atoms with Gasteiger partial charge in [0.25, 0.3) is 0 Å². The van der Waals surface area contributed by atoms with Crippen LogP contribution in [-0.4, -0.2) is 37.2 Å². The van der Waals surface area contributed by atoms with Gasteiger partial charge in [0.05, 0.1) is 6.61 Å². The highest BCUT2D eigenvalue weighted by Crippen LogP contribution is 2.13. The molecule has 1 aromatic rings. The Kier molecular flexibility index (Phi) is 6.15. The van der Waals surface area contributed by atoms with Crippen molar-refractivity contribution in [3.05, 3.63) is 24.3 Å². The normalized spacial score (nSPS) is 11.9. The predicted octanol–water partition coefficient (Wildman–Crippen LogP) is 2.55. The van der Waals surface area contributed by atoms with Gasteiger partial charge >= 0.3 is 6.03 Å². The quantitative estimate of drug-likeness (QED) is 0.777. The van der Waals surface area contributed by atoms with E-state index in [9.17, 15) is 4.79 Å². The molecular formula is C14H23N3O2. The van der Waals surface area contributed by atoms with Crippen molar-refractivity contribution in [2.75, 3.05) is 31.3 Å². The number of nitrogens with two attached hydrogens (primary N) is 1. The van der Waals surface area contributed by atoms with Crippen molar-refractivity contribution < 1.29 is 9.53 Å². The molecule has 1 atom stereocenters. The standard InChI is InChI=1S/C14H23N3O2/c1-4-11(2)17(9-10-19-3)14(18)16-13-7-5-12(15)6-8-13/h5-8,11H,4,9-10,15H2,1-3H3,(H,16,18). The maximum atomic E-state index is 12.2.